The molecule has 2 N–H and O–H groups in total. The summed E-state index contributed by atoms with van der Waals surface area (Å²) in [5.74, 6) is -0.0561. The number of pyridine rings is 1. The molecule has 2 aromatic carbocycles. The van der Waals surface area contributed by atoms with Crippen LogP contribution in [0.2, 0.25) is 0 Å². The van der Waals surface area contributed by atoms with Crippen LogP contribution in [0.1, 0.15) is 11.5 Å². The van der Waals surface area contributed by atoms with E-state index in [1.165, 1.54) is 16.8 Å². The molecule has 4 aromatic heterocycles. The monoisotopic (exact) mass is 579 g/mol. The van der Waals surface area contributed by atoms with Gasteiger partial charge in [-0.2, -0.15) is 9.67 Å². The Bertz CT molecular complexity index is 2110. The molecule has 0 bridgehead atoms. The summed E-state index contributed by atoms with van der Waals surface area (Å²) in [5, 5.41) is 6.82. The third kappa shape index (κ3) is 5.13. The molecule has 1 amide bonds. The minimum atomic E-state index is -1.12. The maximum absolute atomic E-state index is 15.2. The number of anilines is 1. The van der Waals surface area contributed by atoms with Crippen molar-refractivity contribution in [3.05, 3.63) is 118 Å². The summed E-state index contributed by atoms with van der Waals surface area (Å²) < 4.78 is 18.7. The van der Waals surface area contributed by atoms with Crippen molar-refractivity contribution >= 4 is 22.8 Å². The van der Waals surface area contributed by atoms with Crippen molar-refractivity contribution in [2.45, 2.75) is 13.5 Å². The van der Waals surface area contributed by atoms with Gasteiger partial charge in [0.25, 0.3) is 5.56 Å². The Labute approximate surface area is 243 Å². The molecule has 0 aliphatic carbocycles. The molecule has 43 heavy (non-hydrogen) atoms. The number of hydrogen-bond donors (Lipinski definition) is 2. The van der Waals surface area contributed by atoms with E-state index in [1.807, 2.05) is 43.3 Å². The van der Waals surface area contributed by atoms with E-state index < -0.39 is 23.1 Å². The minimum absolute atomic E-state index is 0.0139. The second kappa shape index (κ2) is 10.9. The number of aryl methyl sites for hydroxylation is 1. The van der Waals surface area contributed by atoms with Crippen LogP contribution in [0.3, 0.4) is 0 Å². The number of nitrogens with one attached hydrogen (secondary N) is 2. The van der Waals surface area contributed by atoms with E-state index in [9.17, 15) is 14.4 Å². The zero-order chi connectivity index (χ0) is 30.2. The quantitative estimate of drug-likeness (QED) is 0.307. The second-order valence-electron chi connectivity index (χ2n) is 10.1. The first kappa shape index (κ1) is 27.5. The van der Waals surface area contributed by atoms with Crippen molar-refractivity contribution in [1.82, 2.24) is 38.8 Å². The summed E-state index contributed by atoms with van der Waals surface area (Å²) in [6.45, 7) is 2.18. The SMILES string of the molecule is Cc1nn(-c2cccc(-c3cccnc3)c2)c2c(=O)n(C(=O)Nc3ccc(-n4ccnc4CN(C)C)cc3F)c(=O)[nH]c12. The maximum Gasteiger partial charge on any atom is 0.337 e. The van der Waals surface area contributed by atoms with Gasteiger partial charge in [-0.3, -0.25) is 9.78 Å². The number of carbonyl (C=O) groups excluding carboxylic acids is 1. The molecule has 0 atom stereocenters. The van der Waals surface area contributed by atoms with E-state index in [2.05, 4.69) is 25.4 Å². The number of aromatic nitrogens is 7. The fourth-order valence-electron chi connectivity index (χ4n) is 4.85. The van der Waals surface area contributed by atoms with Crippen LogP contribution < -0.4 is 16.6 Å². The second-order valence-corrected chi connectivity index (χ2v) is 10.1. The van der Waals surface area contributed by atoms with E-state index in [1.54, 1.807) is 54.5 Å². The van der Waals surface area contributed by atoms with Gasteiger partial charge in [0.1, 0.15) is 11.6 Å². The number of hydrogen-bond acceptors (Lipinski definition) is 7. The number of benzene rings is 2. The smallest absolute Gasteiger partial charge is 0.304 e. The van der Waals surface area contributed by atoms with Gasteiger partial charge in [0.15, 0.2) is 5.52 Å². The summed E-state index contributed by atoms with van der Waals surface area (Å²) in [6, 6.07) is 14.1. The predicted octanol–water partition coefficient (Wildman–Crippen LogP) is 3.71. The van der Waals surface area contributed by atoms with Gasteiger partial charge in [-0.05, 0) is 56.9 Å². The predicted molar refractivity (Wildman–Crippen MR) is 159 cm³/mol. The van der Waals surface area contributed by atoms with Crippen LogP contribution in [0.5, 0.6) is 0 Å². The molecule has 0 unspecified atom stereocenters. The number of nitrogens with zero attached hydrogens (tertiary/aromatic N) is 7. The van der Waals surface area contributed by atoms with E-state index in [0.717, 1.165) is 11.1 Å². The molecule has 4 heterocycles. The zero-order valence-electron chi connectivity index (χ0n) is 23.4. The number of H-pyrrole nitrogens is 1. The molecule has 6 rings (SSSR count). The molecule has 6 aromatic rings. The van der Waals surface area contributed by atoms with Gasteiger partial charge in [-0.15, -0.1) is 0 Å². The van der Waals surface area contributed by atoms with E-state index >= 15 is 4.39 Å². The molecule has 0 aliphatic rings. The number of rotatable bonds is 6. The molecule has 13 heteroatoms. The largest absolute Gasteiger partial charge is 0.337 e. The Morgan fingerprint density at radius 2 is 1.84 bits per heavy atom. The Morgan fingerprint density at radius 1 is 1.02 bits per heavy atom. The summed E-state index contributed by atoms with van der Waals surface area (Å²) in [4.78, 5) is 52.8. The molecule has 0 saturated heterocycles. The van der Waals surface area contributed by atoms with Gasteiger partial charge in [-0.1, -0.05) is 18.2 Å². The lowest BCUT2D eigenvalue weighted by molar-refractivity contribution is 0.252. The first-order valence-corrected chi connectivity index (χ1v) is 13.2. The molecule has 0 spiro atoms. The average molecular weight is 580 g/mol. The topological polar surface area (TPSA) is 136 Å². The summed E-state index contributed by atoms with van der Waals surface area (Å²) in [6.07, 6.45) is 6.70. The van der Waals surface area contributed by atoms with Gasteiger partial charge in [0, 0.05) is 42.1 Å². The summed E-state index contributed by atoms with van der Waals surface area (Å²) in [5.41, 5.74) is 1.18. The van der Waals surface area contributed by atoms with Gasteiger partial charge >= 0.3 is 11.7 Å². The van der Waals surface area contributed by atoms with Crippen LogP contribution in [-0.2, 0) is 6.54 Å². The number of amides is 1. The Hall–Kier alpha value is -5.69. The Balaban J connectivity index is 1.36. The number of aromatic amines is 1. The highest BCUT2D eigenvalue weighted by Crippen LogP contribution is 2.24. The Morgan fingerprint density at radius 3 is 2.58 bits per heavy atom. The summed E-state index contributed by atoms with van der Waals surface area (Å²) >= 11 is 0. The number of fused-ring (bicyclic) bond motifs is 1. The zero-order valence-corrected chi connectivity index (χ0v) is 23.4. The van der Waals surface area contributed by atoms with Crippen LogP contribution in [0, 0.1) is 12.7 Å². The molecule has 0 aliphatic heterocycles. The lowest BCUT2D eigenvalue weighted by Crippen LogP contribution is -2.42. The Kier molecular flexibility index (Phi) is 7.00. The van der Waals surface area contributed by atoms with Gasteiger partial charge in [0.2, 0.25) is 0 Å². The van der Waals surface area contributed by atoms with E-state index in [0.29, 0.717) is 34.0 Å². The number of imidazole rings is 1. The van der Waals surface area contributed by atoms with Crippen molar-refractivity contribution in [1.29, 1.82) is 0 Å². The number of carbonyl (C=O) groups is 1. The van der Waals surface area contributed by atoms with Crippen molar-refractivity contribution in [2.24, 2.45) is 0 Å². The fourth-order valence-corrected chi connectivity index (χ4v) is 4.85. The standard InChI is InChI=1S/C30H26FN9O3/c1-18-26-27(40(36-18)22-8-4-6-19(14-22)20-7-5-11-32-16-20)28(41)39(30(43)35-26)29(42)34-24-10-9-21(15-23(24)31)38-13-12-33-25(38)17-37(2)3/h4-16H,17H2,1-3H3,(H,34,42)(H,35,43). The molecule has 0 fully saturated rings. The van der Waals surface area contributed by atoms with Crippen molar-refractivity contribution in [3.63, 3.8) is 0 Å². The third-order valence-corrected chi connectivity index (χ3v) is 6.84. The van der Waals surface area contributed by atoms with Crippen molar-refractivity contribution in [2.75, 3.05) is 19.4 Å². The summed E-state index contributed by atoms with van der Waals surface area (Å²) in [7, 11) is 3.79. The highest BCUT2D eigenvalue weighted by Gasteiger charge is 2.22. The van der Waals surface area contributed by atoms with E-state index in [4.69, 9.17) is 0 Å². The molecule has 0 radical (unpaired) electrons. The van der Waals surface area contributed by atoms with E-state index in [-0.39, 0.29) is 16.7 Å². The maximum atomic E-state index is 15.2. The highest BCUT2D eigenvalue weighted by molar-refractivity contribution is 5.92. The minimum Gasteiger partial charge on any atom is -0.304 e. The van der Waals surface area contributed by atoms with Crippen LogP contribution in [0.15, 0.2) is 89.0 Å². The van der Waals surface area contributed by atoms with Crippen LogP contribution in [-0.4, -0.2) is 58.9 Å². The van der Waals surface area contributed by atoms with Crippen molar-refractivity contribution < 1.29 is 9.18 Å². The number of halogens is 1. The highest BCUT2D eigenvalue weighted by atomic mass is 19.1. The molecule has 216 valence electrons. The first-order valence-electron chi connectivity index (χ1n) is 13.2. The van der Waals surface area contributed by atoms with Gasteiger partial charge in [0.05, 0.1) is 29.1 Å². The van der Waals surface area contributed by atoms with Gasteiger partial charge in [-0.25, -0.2) is 23.6 Å². The molecular formula is C30H26FN9O3. The van der Waals surface area contributed by atoms with Crippen LogP contribution >= 0.6 is 0 Å². The lowest BCUT2D eigenvalue weighted by atomic mass is 10.1. The normalized spacial score (nSPS) is 11.4. The lowest BCUT2D eigenvalue weighted by Gasteiger charge is -2.13. The van der Waals surface area contributed by atoms with Crippen molar-refractivity contribution in [3.8, 4) is 22.5 Å². The molecule has 12 nitrogen and oxygen atoms in total. The van der Waals surface area contributed by atoms with Crippen LogP contribution in [0.25, 0.3) is 33.5 Å². The first-order chi connectivity index (χ1) is 20.7. The van der Waals surface area contributed by atoms with Gasteiger partial charge < -0.3 is 19.8 Å². The third-order valence-electron chi connectivity index (χ3n) is 6.84. The molecule has 0 saturated carbocycles. The molecular weight excluding hydrogens is 553 g/mol. The average Bonchev–Trinajstić information content (AvgIpc) is 3.58. The fraction of sp³-hybridized carbons (Fsp3) is 0.133. The van der Waals surface area contributed by atoms with Crippen LogP contribution in [0.4, 0.5) is 14.9 Å².